The fourth-order valence-corrected chi connectivity index (χ4v) is 4.63. The van der Waals surface area contributed by atoms with Gasteiger partial charge in [-0.25, -0.2) is 0 Å². The number of aromatic nitrogens is 2. The molecule has 0 spiro atoms. The van der Waals surface area contributed by atoms with Crippen LogP contribution in [0.2, 0.25) is 0 Å². The number of nitrogens with one attached hydrogen (secondary N) is 2. The van der Waals surface area contributed by atoms with E-state index in [9.17, 15) is 9.59 Å². The summed E-state index contributed by atoms with van der Waals surface area (Å²) in [5.41, 5.74) is 2.28. The first kappa shape index (κ1) is 18.1. The lowest BCUT2D eigenvalue weighted by Crippen LogP contribution is -2.36. The number of thiophene rings is 1. The number of aromatic amines is 1. The second-order valence-corrected chi connectivity index (χ2v) is 8.29. The Kier molecular flexibility index (Phi) is 5.22. The topological polar surface area (TPSA) is 66.9 Å². The highest BCUT2D eigenvalue weighted by Gasteiger charge is 2.16. The SMILES string of the molecule is O=C(NC1CCCCC1)c1ccc(Cn2c(=S)[nH]c3ccsc3c2=O)cc1. The molecule has 27 heavy (non-hydrogen) atoms. The Bertz CT molecular complexity index is 1070. The fraction of sp³-hybridized carbons (Fsp3) is 0.350. The van der Waals surface area contributed by atoms with Crippen LogP contribution in [-0.4, -0.2) is 21.5 Å². The minimum absolute atomic E-state index is 0.0251. The van der Waals surface area contributed by atoms with Crippen molar-refractivity contribution < 1.29 is 4.79 Å². The lowest BCUT2D eigenvalue weighted by molar-refractivity contribution is 0.0927. The highest BCUT2D eigenvalue weighted by Crippen LogP contribution is 2.18. The zero-order chi connectivity index (χ0) is 18.8. The molecular weight excluding hydrogens is 378 g/mol. The molecule has 1 aliphatic carbocycles. The van der Waals surface area contributed by atoms with Gasteiger partial charge in [-0.2, -0.15) is 0 Å². The largest absolute Gasteiger partial charge is 0.349 e. The summed E-state index contributed by atoms with van der Waals surface area (Å²) < 4.78 is 2.64. The van der Waals surface area contributed by atoms with E-state index in [1.165, 1.54) is 30.6 Å². The lowest BCUT2D eigenvalue weighted by atomic mass is 9.95. The van der Waals surface area contributed by atoms with Gasteiger partial charge >= 0.3 is 0 Å². The van der Waals surface area contributed by atoms with Crippen LogP contribution in [0.4, 0.5) is 0 Å². The number of carbonyl (C=O) groups is 1. The molecule has 0 unspecified atom stereocenters. The molecule has 7 heteroatoms. The van der Waals surface area contributed by atoms with Gasteiger partial charge in [0.2, 0.25) is 0 Å². The van der Waals surface area contributed by atoms with Crippen LogP contribution in [0.3, 0.4) is 0 Å². The number of rotatable bonds is 4. The smallest absolute Gasteiger partial charge is 0.272 e. The first-order valence-corrected chi connectivity index (χ1v) is 10.5. The molecule has 2 aromatic heterocycles. The van der Waals surface area contributed by atoms with Gasteiger partial charge in [-0.1, -0.05) is 31.4 Å². The van der Waals surface area contributed by atoms with Gasteiger partial charge in [0, 0.05) is 11.6 Å². The van der Waals surface area contributed by atoms with Crippen molar-refractivity contribution in [1.82, 2.24) is 14.9 Å². The van der Waals surface area contributed by atoms with Gasteiger partial charge in [0.1, 0.15) is 4.70 Å². The highest BCUT2D eigenvalue weighted by molar-refractivity contribution is 7.71. The Hall–Kier alpha value is -2.25. The molecule has 1 fully saturated rings. The monoisotopic (exact) mass is 399 g/mol. The summed E-state index contributed by atoms with van der Waals surface area (Å²) in [6.45, 7) is 0.381. The number of nitrogens with zero attached hydrogens (tertiary/aromatic N) is 1. The van der Waals surface area contributed by atoms with Crippen molar-refractivity contribution >= 4 is 39.7 Å². The standard InChI is InChI=1S/C20H21N3O2S2/c24-18(21-15-4-2-1-3-5-15)14-8-6-13(7-9-14)12-23-19(25)17-16(10-11-27-17)22-20(23)26/h6-11,15H,1-5,12H2,(H,21,24)(H,22,26). The zero-order valence-corrected chi connectivity index (χ0v) is 16.5. The van der Waals surface area contributed by atoms with Crippen LogP contribution in [0.15, 0.2) is 40.5 Å². The summed E-state index contributed by atoms with van der Waals surface area (Å²) in [6.07, 6.45) is 5.77. The number of amides is 1. The lowest BCUT2D eigenvalue weighted by Gasteiger charge is -2.22. The van der Waals surface area contributed by atoms with Crippen molar-refractivity contribution in [2.45, 2.75) is 44.7 Å². The molecule has 1 amide bonds. The Morgan fingerprint density at radius 2 is 1.93 bits per heavy atom. The first-order valence-electron chi connectivity index (χ1n) is 9.22. The van der Waals surface area contributed by atoms with Crippen LogP contribution >= 0.6 is 23.6 Å². The van der Waals surface area contributed by atoms with Gasteiger partial charge in [-0.3, -0.25) is 14.2 Å². The molecule has 4 rings (SSSR count). The van der Waals surface area contributed by atoms with E-state index in [0.717, 1.165) is 23.9 Å². The van der Waals surface area contributed by atoms with Crippen LogP contribution in [0.1, 0.15) is 48.0 Å². The zero-order valence-electron chi connectivity index (χ0n) is 14.9. The molecule has 0 aliphatic heterocycles. The Balaban J connectivity index is 1.50. The number of hydrogen-bond donors (Lipinski definition) is 2. The maximum atomic E-state index is 12.6. The van der Waals surface area contributed by atoms with E-state index in [1.807, 2.05) is 35.7 Å². The minimum Gasteiger partial charge on any atom is -0.349 e. The number of fused-ring (bicyclic) bond motifs is 1. The second kappa shape index (κ2) is 7.78. The third-order valence-corrected chi connectivity index (χ3v) is 6.31. The molecule has 0 saturated heterocycles. The van der Waals surface area contributed by atoms with E-state index < -0.39 is 0 Å². The van der Waals surface area contributed by atoms with Crippen molar-refractivity contribution in [1.29, 1.82) is 0 Å². The van der Waals surface area contributed by atoms with Crippen LogP contribution < -0.4 is 10.9 Å². The summed E-state index contributed by atoms with van der Waals surface area (Å²) in [6, 6.07) is 9.55. The Labute approximate surface area is 166 Å². The molecular formula is C20H21N3O2S2. The van der Waals surface area contributed by atoms with Crippen molar-refractivity contribution in [2.75, 3.05) is 0 Å². The van der Waals surface area contributed by atoms with Gasteiger partial charge in [-0.05, 0) is 54.2 Å². The molecule has 1 saturated carbocycles. The molecule has 140 valence electrons. The Morgan fingerprint density at radius 1 is 1.19 bits per heavy atom. The van der Waals surface area contributed by atoms with Crippen molar-refractivity contribution in [3.63, 3.8) is 0 Å². The van der Waals surface area contributed by atoms with Gasteiger partial charge < -0.3 is 10.3 Å². The van der Waals surface area contributed by atoms with Crippen LogP contribution in [-0.2, 0) is 6.54 Å². The molecule has 1 aliphatic rings. The summed E-state index contributed by atoms with van der Waals surface area (Å²) >= 11 is 6.74. The van der Waals surface area contributed by atoms with Crippen molar-refractivity contribution in [2.24, 2.45) is 0 Å². The van der Waals surface area contributed by atoms with E-state index in [4.69, 9.17) is 12.2 Å². The number of H-pyrrole nitrogens is 1. The van der Waals surface area contributed by atoms with E-state index in [-0.39, 0.29) is 11.5 Å². The van der Waals surface area contributed by atoms with E-state index in [1.54, 1.807) is 4.57 Å². The van der Waals surface area contributed by atoms with E-state index in [2.05, 4.69) is 10.3 Å². The van der Waals surface area contributed by atoms with Gasteiger partial charge in [0.15, 0.2) is 4.77 Å². The van der Waals surface area contributed by atoms with Gasteiger partial charge in [-0.15, -0.1) is 11.3 Å². The third kappa shape index (κ3) is 3.89. The predicted molar refractivity (Wildman–Crippen MR) is 111 cm³/mol. The van der Waals surface area contributed by atoms with E-state index >= 15 is 0 Å². The maximum Gasteiger partial charge on any atom is 0.272 e. The minimum atomic E-state index is -0.0807. The van der Waals surface area contributed by atoms with Gasteiger partial charge in [0.25, 0.3) is 11.5 Å². The maximum absolute atomic E-state index is 12.6. The summed E-state index contributed by atoms with van der Waals surface area (Å²) in [7, 11) is 0. The average Bonchev–Trinajstić information content (AvgIpc) is 3.15. The molecule has 0 bridgehead atoms. The highest BCUT2D eigenvalue weighted by atomic mass is 32.1. The van der Waals surface area contributed by atoms with Crippen LogP contribution in [0.25, 0.3) is 10.2 Å². The summed E-state index contributed by atoms with van der Waals surface area (Å²) in [5.74, 6) is -0.0251. The summed E-state index contributed by atoms with van der Waals surface area (Å²) in [4.78, 5) is 28.2. The predicted octanol–water partition coefficient (Wildman–Crippen LogP) is 4.23. The molecule has 2 heterocycles. The first-order chi connectivity index (χ1) is 13.1. The average molecular weight is 400 g/mol. The number of carbonyl (C=O) groups excluding carboxylic acids is 1. The second-order valence-electron chi connectivity index (χ2n) is 6.99. The quantitative estimate of drug-likeness (QED) is 0.645. The Morgan fingerprint density at radius 3 is 2.67 bits per heavy atom. The summed E-state index contributed by atoms with van der Waals surface area (Å²) in [5, 5.41) is 5.00. The molecule has 5 nitrogen and oxygen atoms in total. The number of benzene rings is 1. The van der Waals surface area contributed by atoms with Gasteiger partial charge in [0.05, 0.1) is 12.1 Å². The third-order valence-electron chi connectivity index (χ3n) is 5.09. The molecule has 1 aromatic carbocycles. The van der Waals surface area contributed by atoms with Crippen molar-refractivity contribution in [3.8, 4) is 0 Å². The normalized spacial score (nSPS) is 15.1. The molecule has 2 N–H and O–H groups in total. The molecule has 0 atom stereocenters. The van der Waals surface area contributed by atoms with E-state index in [0.29, 0.717) is 27.6 Å². The van der Waals surface area contributed by atoms with Crippen LogP contribution in [0.5, 0.6) is 0 Å². The molecule has 0 radical (unpaired) electrons. The van der Waals surface area contributed by atoms with Crippen LogP contribution in [0, 0.1) is 4.77 Å². The fourth-order valence-electron chi connectivity index (χ4n) is 3.57. The molecule has 3 aromatic rings. The number of hydrogen-bond acceptors (Lipinski definition) is 4. The van der Waals surface area contributed by atoms with Crippen molar-refractivity contribution in [3.05, 3.63) is 62.0 Å².